The van der Waals surface area contributed by atoms with Gasteiger partial charge in [-0.25, -0.2) is 0 Å². The molecule has 1 N–H and O–H groups in total. The van der Waals surface area contributed by atoms with Crippen LogP contribution in [0.5, 0.6) is 11.5 Å². The maximum absolute atomic E-state index is 12.1. The lowest BCUT2D eigenvalue weighted by Gasteiger charge is -2.10. The monoisotopic (exact) mass is 398 g/mol. The molecule has 0 bridgehead atoms. The Balaban J connectivity index is 2.14. The summed E-state index contributed by atoms with van der Waals surface area (Å²) in [7, 11) is 3.01. The van der Waals surface area contributed by atoms with E-state index in [1.165, 1.54) is 18.9 Å². The van der Waals surface area contributed by atoms with Crippen LogP contribution in [0.2, 0.25) is 0 Å². The fourth-order valence-corrected chi connectivity index (χ4v) is 2.46. The number of ether oxygens (including phenoxy) is 2. The van der Waals surface area contributed by atoms with Gasteiger partial charge in [0, 0.05) is 11.8 Å². The van der Waals surface area contributed by atoms with Gasteiger partial charge in [-0.05, 0) is 39.9 Å². The molecular weight excluding hydrogens is 384 g/mol. The normalized spacial score (nSPS) is 10.3. The maximum Gasteiger partial charge on any atom is 0.404 e. The molecule has 0 aliphatic carbocycles. The molecule has 9 nitrogen and oxygen atoms in total. The number of methoxy groups -OCH3 is 2. The van der Waals surface area contributed by atoms with E-state index in [-0.39, 0.29) is 22.7 Å². The first-order chi connectivity index (χ1) is 11.4. The highest BCUT2D eigenvalue weighted by Gasteiger charge is 2.24. The average molecular weight is 399 g/mol. The lowest BCUT2D eigenvalue weighted by molar-refractivity contribution is -0.390. The number of hydrogen-bond donors (Lipinski definition) is 1. The highest BCUT2D eigenvalue weighted by atomic mass is 79.9. The lowest BCUT2D eigenvalue weighted by atomic mass is 10.2. The zero-order valence-corrected chi connectivity index (χ0v) is 14.8. The lowest BCUT2D eigenvalue weighted by Crippen LogP contribution is -2.20. The molecule has 0 fully saturated rings. The van der Waals surface area contributed by atoms with Gasteiger partial charge in [0.1, 0.15) is 11.0 Å². The van der Waals surface area contributed by atoms with Crippen LogP contribution in [0.4, 0.5) is 11.5 Å². The first-order valence-corrected chi connectivity index (χ1v) is 7.55. The maximum atomic E-state index is 12.1. The van der Waals surface area contributed by atoms with E-state index < -0.39 is 4.92 Å². The third-order valence-corrected chi connectivity index (χ3v) is 4.18. The van der Waals surface area contributed by atoms with Crippen molar-refractivity contribution in [1.29, 1.82) is 0 Å². The molecule has 0 unspecified atom stereocenters. The molecule has 2 rings (SSSR count). The van der Waals surface area contributed by atoms with Gasteiger partial charge in [0.15, 0.2) is 11.5 Å². The fourth-order valence-electron chi connectivity index (χ4n) is 2.03. The molecule has 128 valence electrons. The molecule has 1 amide bonds. The number of aromatic nitrogens is 2. The van der Waals surface area contributed by atoms with E-state index in [2.05, 4.69) is 26.3 Å². The Kier molecular flexibility index (Phi) is 5.39. The van der Waals surface area contributed by atoms with Gasteiger partial charge in [-0.2, -0.15) is 4.68 Å². The molecule has 24 heavy (non-hydrogen) atoms. The van der Waals surface area contributed by atoms with Crippen molar-refractivity contribution in [3.05, 3.63) is 38.5 Å². The second-order valence-corrected chi connectivity index (χ2v) is 5.55. The zero-order chi connectivity index (χ0) is 17.9. The minimum atomic E-state index is -0.611. The predicted molar refractivity (Wildman–Crippen MR) is 89.5 cm³/mol. The Morgan fingerprint density at radius 1 is 1.38 bits per heavy atom. The summed E-state index contributed by atoms with van der Waals surface area (Å²) < 4.78 is 11.8. The molecule has 0 spiro atoms. The summed E-state index contributed by atoms with van der Waals surface area (Å²) in [6, 6.07) is 4.94. The Morgan fingerprint density at radius 2 is 2.04 bits per heavy atom. The number of carbonyl (C=O) groups excluding carboxylic acids is 1. The van der Waals surface area contributed by atoms with Crippen LogP contribution in [0.25, 0.3) is 0 Å². The summed E-state index contributed by atoms with van der Waals surface area (Å²) in [6.07, 6.45) is 0. The largest absolute Gasteiger partial charge is 0.493 e. The zero-order valence-electron chi connectivity index (χ0n) is 13.2. The number of nitrogens with one attached hydrogen (secondary N) is 1. The number of nitro groups is 1. The molecule has 0 atom stereocenters. The van der Waals surface area contributed by atoms with Crippen molar-refractivity contribution in [2.75, 3.05) is 19.5 Å². The van der Waals surface area contributed by atoms with Gasteiger partial charge in [0.2, 0.25) is 5.91 Å². The van der Waals surface area contributed by atoms with Crippen LogP contribution in [-0.2, 0) is 11.3 Å². The van der Waals surface area contributed by atoms with Crippen LogP contribution >= 0.6 is 15.9 Å². The second-order valence-electron chi connectivity index (χ2n) is 4.76. The van der Waals surface area contributed by atoms with Gasteiger partial charge in [-0.1, -0.05) is 0 Å². The number of amides is 1. The van der Waals surface area contributed by atoms with Gasteiger partial charge < -0.3 is 24.9 Å². The average Bonchev–Trinajstić information content (AvgIpc) is 2.83. The highest BCUT2D eigenvalue weighted by molar-refractivity contribution is 9.10. The predicted octanol–water partition coefficient (Wildman–Crippen LogP) is 2.52. The molecule has 0 saturated heterocycles. The van der Waals surface area contributed by atoms with Crippen molar-refractivity contribution < 1.29 is 19.2 Å². The van der Waals surface area contributed by atoms with Crippen molar-refractivity contribution in [2.45, 2.75) is 13.5 Å². The molecule has 0 aliphatic rings. The van der Waals surface area contributed by atoms with Gasteiger partial charge in [-0.15, -0.1) is 0 Å². The van der Waals surface area contributed by atoms with E-state index in [9.17, 15) is 14.9 Å². The standard InChI is InChI=1S/C14H15BrN4O5/c1-8-13(15)14(19(21)22)17-18(8)7-12(20)16-9-4-5-10(23-2)11(6-9)24-3/h4-6H,7H2,1-3H3,(H,16,20). The Labute approximate surface area is 145 Å². The van der Waals surface area contributed by atoms with Crippen molar-refractivity contribution in [3.63, 3.8) is 0 Å². The van der Waals surface area contributed by atoms with Crippen LogP contribution in [0.3, 0.4) is 0 Å². The van der Waals surface area contributed by atoms with Crippen molar-refractivity contribution in [1.82, 2.24) is 9.78 Å². The third-order valence-electron chi connectivity index (χ3n) is 3.25. The van der Waals surface area contributed by atoms with Crippen LogP contribution < -0.4 is 14.8 Å². The molecule has 1 aromatic carbocycles. The molecular formula is C14H15BrN4O5. The van der Waals surface area contributed by atoms with E-state index in [4.69, 9.17) is 9.47 Å². The van der Waals surface area contributed by atoms with Crippen LogP contribution in [-0.4, -0.2) is 34.8 Å². The van der Waals surface area contributed by atoms with Gasteiger partial charge >= 0.3 is 5.82 Å². The third kappa shape index (κ3) is 3.65. The van der Waals surface area contributed by atoms with Crippen molar-refractivity contribution >= 4 is 33.3 Å². The minimum Gasteiger partial charge on any atom is -0.493 e. The summed E-state index contributed by atoms with van der Waals surface area (Å²) >= 11 is 3.11. The first kappa shape index (κ1) is 17.7. The smallest absolute Gasteiger partial charge is 0.404 e. The number of halogens is 1. The summed E-state index contributed by atoms with van der Waals surface area (Å²) in [6.45, 7) is 1.47. The summed E-state index contributed by atoms with van der Waals surface area (Å²) in [5, 5.41) is 17.4. The van der Waals surface area contributed by atoms with Crippen LogP contribution in [0.1, 0.15) is 5.69 Å². The number of anilines is 1. The van der Waals surface area contributed by atoms with E-state index in [0.717, 1.165) is 0 Å². The number of benzene rings is 1. The quantitative estimate of drug-likeness (QED) is 0.591. The van der Waals surface area contributed by atoms with Crippen molar-refractivity contribution in [2.24, 2.45) is 0 Å². The molecule has 0 saturated carbocycles. The number of carbonyl (C=O) groups is 1. The van der Waals surface area contributed by atoms with Gasteiger partial charge in [0.05, 0.1) is 25.0 Å². The van der Waals surface area contributed by atoms with Gasteiger partial charge in [-0.3, -0.25) is 4.79 Å². The molecule has 1 heterocycles. The molecule has 2 aromatic rings. The Morgan fingerprint density at radius 3 is 2.58 bits per heavy atom. The summed E-state index contributed by atoms with van der Waals surface area (Å²) in [5.41, 5.74) is 1.00. The SMILES string of the molecule is COc1ccc(NC(=O)Cn2nc([N+](=O)[O-])c(Br)c2C)cc1OC. The molecule has 0 aliphatic heterocycles. The minimum absolute atomic E-state index is 0.160. The summed E-state index contributed by atoms with van der Waals surface area (Å²) in [4.78, 5) is 22.4. The first-order valence-electron chi connectivity index (χ1n) is 6.76. The van der Waals surface area contributed by atoms with Crippen LogP contribution in [0, 0.1) is 17.0 Å². The summed E-state index contributed by atoms with van der Waals surface area (Å²) in [5.74, 6) is 0.309. The van der Waals surface area contributed by atoms with E-state index >= 15 is 0 Å². The highest BCUT2D eigenvalue weighted by Crippen LogP contribution is 2.30. The number of nitrogens with zero attached hydrogens (tertiary/aromatic N) is 3. The molecule has 1 aromatic heterocycles. The van der Waals surface area contributed by atoms with Gasteiger partial charge in [0.25, 0.3) is 0 Å². The second kappa shape index (κ2) is 7.30. The van der Waals surface area contributed by atoms with Crippen molar-refractivity contribution in [3.8, 4) is 11.5 Å². The Hall–Kier alpha value is -2.62. The number of hydrogen-bond acceptors (Lipinski definition) is 6. The van der Waals surface area contributed by atoms with E-state index in [1.807, 2.05) is 0 Å². The fraction of sp³-hybridized carbons (Fsp3) is 0.286. The Bertz CT molecular complexity index is 790. The van der Waals surface area contributed by atoms with Crippen LogP contribution in [0.15, 0.2) is 22.7 Å². The molecule has 10 heteroatoms. The molecule has 0 radical (unpaired) electrons. The van der Waals surface area contributed by atoms with E-state index in [1.54, 1.807) is 25.1 Å². The van der Waals surface area contributed by atoms with E-state index in [0.29, 0.717) is 22.9 Å². The number of rotatable bonds is 6. The topological polar surface area (TPSA) is 109 Å².